The molecule has 1 aliphatic rings. The highest BCUT2D eigenvalue weighted by atomic mass is 32.2. The van der Waals surface area contributed by atoms with Crippen LogP contribution in [0.15, 0.2) is 51.8 Å². The maximum atomic E-state index is 12.4. The third kappa shape index (κ3) is 3.83. The van der Waals surface area contributed by atoms with Crippen LogP contribution in [0.1, 0.15) is 19.4 Å². The number of fused-ring (bicyclic) bond motifs is 1. The quantitative estimate of drug-likeness (QED) is 0.752. The monoisotopic (exact) mass is 374 g/mol. The molecule has 0 spiro atoms. The van der Waals surface area contributed by atoms with E-state index >= 15 is 0 Å². The number of methoxy groups -OCH3 is 1. The van der Waals surface area contributed by atoms with Crippen molar-refractivity contribution in [3.63, 3.8) is 0 Å². The fourth-order valence-electron chi connectivity index (χ4n) is 2.81. The molecule has 0 amide bonds. The highest BCUT2D eigenvalue weighted by Gasteiger charge is 2.20. The summed E-state index contributed by atoms with van der Waals surface area (Å²) in [5, 5.41) is 0. The summed E-state index contributed by atoms with van der Waals surface area (Å²) < 4.78 is 39.3. The van der Waals surface area contributed by atoms with E-state index in [1.54, 1.807) is 12.1 Å². The minimum Gasteiger partial charge on any atom is -0.497 e. The summed E-state index contributed by atoms with van der Waals surface area (Å²) in [6, 6.07) is 12.1. The normalized spacial score (nSPS) is 14.4. The Morgan fingerprint density at radius 3 is 2.58 bits per heavy atom. The van der Waals surface area contributed by atoms with Crippen molar-refractivity contribution < 1.29 is 17.9 Å². The summed E-state index contributed by atoms with van der Waals surface area (Å²) in [5.41, 5.74) is 1.69. The number of sulfonamides is 1. The zero-order chi connectivity index (χ0) is 18.7. The molecule has 6 nitrogen and oxygen atoms in total. The minimum absolute atomic E-state index is 0.120. The third-order valence-corrected chi connectivity index (χ3v) is 5.46. The largest absolute Gasteiger partial charge is 0.497 e. The molecule has 1 heterocycles. The van der Waals surface area contributed by atoms with Gasteiger partial charge in [0.25, 0.3) is 10.0 Å². The van der Waals surface area contributed by atoms with Gasteiger partial charge < -0.3 is 14.4 Å². The maximum Gasteiger partial charge on any atom is 0.282 e. The van der Waals surface area contributed by atoms with Crippen molar-refractivity contribution in [1.29, 1.82) is 0 Å². The van der Waals surface area contributed by atoms with Crippen LogP contribution in [0.4, 0.5) is 5.69 Å². The molecule has 7 heteroatoms. The fraction of sp³-hybridized carbons (Fsp3) is 0.316. The average Bonchev–Trinajstić information content (AvgIpc) is 2.65. The zero-order valence-corrected chi connectivity index (χ0v) is 15.9. The first-order valence-corrected chi connectivity index (χ1v) is 9.82. The Hall–Kier alpha value is -2.54. The Morgan fingerprint density at radius 2 is 1.92 bits per heavy atom. The molecule has 2 aromatic carbocycles. The van der Waals surface area contributed by atoms with Gasteiger partial charge in [0, 0.05) is 12.3 Å². The number of anilines is 1. The Kier molecular flexibility index (Phi) is 5.18. The fourth-order valence-corrected chi connectivity index (χ4v) is 3.68. The highest BCUT2D eigenvalue weighted by molar-refractivity contribution is 7.90. The van der Waals surface area contributed by atoms with Crippen LogP contribution >= 0.6 is 0 Å². The molecular formula is C19H22N2O4S. The van der Waals surface area contributed by atoms with E-state index in [1.807, 2.05) is 18.2 Å². The van der Waals surface area contributed by atoms with E-state index in [0.717, 1.165) is 18.0 Å². The van der Waals surface area contributed by atoms with Crippen LogP contribution in [0.25, 0.3) is 0 Å². The van der Waals surface area contributed by atoms with Gasteiger partial charge in [-0.15, -0.1) is 0 Å². The predicted molar refractivity (Wildman–Crippen MR) is 102 cm³/mol. The molecule has 0 saturated carbocycles. The summed E-state index contributed by atoms with van der Waals surface area (Å²) >= 11 is 0. The van der Waals surface area contributed by atoms with Gasteiger partial charge in [0.1, 0.15) is 18.1 Å². The van der Waals surface area contributed by atoms with E-state index in [-0.39, 0.29) is 4.90 Å². The molecule has 0 N–H and O–H groups in total. The molecule has 138 valence electrons. The van der Waals surface area contributed by atoms with E-state index in [2.05, 4.69) is 23.1 Å². The summed E-state index contributed by atoms with van der Waals surface area (Å²) in [6.07, 6.45) is 1.34. The first-order valence-electron chi connectivity index (χ1n) is 8.38. The lowest BCUT2D eigenvalue weighted by molar-refractivity contribution is 0.303. The van der Waals surface area contributed by atoms with Gasteiger partial charge in [-0.1, -0.05) is 6.07 Å². The summed E-state index contributed by atoms with van der Waals surface area (Å²) in [5.74, 6) is 1.34. The number of hydrogen-bond acceptors (Lipinski definition) is 5. The van der Waals surface area contributed by atoms with Crippen LogP contribution in [0.2, 0.25) is 0 Å². The first-order chi connectivity index (χ1) is 12.4. The first kappa shape index (κ1) is 18.3. The molecule has 0 atom stereocenters. The van der Waals surface area contributed by atoms with Gasteiger partial charge in [0.15, 0.2) is 0 Å². The zero-order valence-electron chi connectivity index (χ0n) is 15.0. The molecule has 0 aliphatic carbocycles. The minimum atomic E-state index is -3.77. The SMILES string of the molecule is COc1ccc(S(=O)(=O)N=Cc2ccc3c(c2)OCCN3C(C)C)cc1. The lowest BCUT2D eigenvalue weighted by atomic mass is 10.1. The Labute approximate surface area is 154 Å². The summed E-state index contributed by atoms with van der Waals surface area (Å²) in [4.78, 5) is 2.38. The number of nitrogens with zero attached hydrogens (tertiary/aromatic N) is 2. The number of benzene rings is 2. The second kappa shape index (κ2) is 7.37. The summed E-state index contributed by atoms with van der Waals surface area (Å²) in [6.45, 7) is 5.71. The predicted octanol–water partition coefficient (Wildman–Crippen LogP) is 3.11. The Morgan fingerprint density at radius 1 is 1.19 bits per heavy atom. The second-order valence-corrected chi connectivity index (χ2v) is 7.88. The van der Waals surface area contributed by atoms with Gasteiger partial charge in [-0.25, -0.2) is 0 Å². The molecule has 0 bridgehead atoms. The van der Waals surface area contributed by atoms with Gasteiger partial charge in [-0.3, -0.25) is 0 Å². The molecule has 26 heavy (non-hydrogen) atoms. The van der Waals surface area contributed by atoms with Crippen LogP contribution in [-0.2, 0) is 10.0 Å². The molecule has 1 aliphatic heterocycles. The average molecular weight is 374 g/mol. The molecule has 0 radical (unpaired) electrons. The molecule has 0 unspecified atom stereocenters. The number of ether oxygens (including phenoxy) is 2. The Bertz CT molecular complexity index is 906. The van der Waals surface area contributed by atoms with Gasteiger partial charge in [0.2, 0.25) is 0 Å². The molecule has 0 saturated heterocycles. The van der Waals surface area contributed by atoms with Crippen molar-refractivity contribution in [2.75, 3.05) is 25.2 Å². The summed E-state index contributed by atoms with van der Waals surface area (Å²) in [7, 11) is -2.24. The lowest BCUT2D eigenvalue weighted by Gasteiger charge is -2.34. The van der Waals surface area contributed by atoms with Crippen LogP contribution in [0, 0.1) is 0 Å². The van der Waals surface area contributed by atoms with Crippen molar-refractivity contribution in [2.45, 2.75) is 24.8 Å². The van der Waals surface area contributed by atoms with E-state index in [4.69, 9.17) is 9.47 Å². The van der Waals surface area contributed by atoms with Crippen molar-refractivity contribution in [1.82, 2.24) is 0 Å². The van der Waals surface area contributed by atoms with Gasteiger partial charge >= 0.3 is 0 Å². The molecule has 2 aromatic rings. The van der Waals surface area contributed by atoms with Crippen molar-refractivity contribution >= 4 is 21.9 Å². The standard InChI is InChI=1S/C19H22N2O4S/c1-14(2)21-10-11-25-19-12-15(4-9-18(19)21)13-20-26(22,23)17-7-5-16(24-3)6-8-17/h4-9,12-14H,10-11H2,1-3H3. The molecular weight excluding hydrogens is 352 g/mol. The van der Waals surface area contributed by atoms with Crippen LogP contribution in [0.5, 0.6) is 11.5 Å². The van der Waals surface area contributed by atoms with E-state index in [1.165, 1.54) is 25.5 Å². The van der Waals surface area contributed by atoms with Gasteiger partial charge in [-0.05, 0) is 55.8 Å². The lowest BCUT2D eigenvalue weighted by Crippen LogP contribution is -2.37. The number of hydrogen-bond donors (Lipinski definition) is 0. The highest BCUT2D eigenvalue weighted by Crippen LogP contribution is 2.33. The number of rotatable bonds is 5. The van der Waals surface area contributed by atoms with E-state index < -0.39 is 10.0 Å². The molecule has 3 rings (SSSR count). The smallest absolute Gasteiger partial charge is 0.282 e. The van der Waals surface area contributed by atoms with Crippen LogP contribution in [0.3, 0.4) is 0 Å². The van der Waals surface area contributed by atoms with Crippen LogP contribution in [-0.4, -0.2) is 40.9 Å². The van der Waals surface area contributed by atoms with Crippen molar-refractivity contribution in [3.05, 3.63) is 48.0 Å². The second-order valence-electron chi connectivity index (χ2n) is 6.25. The van der Waals surface area contributed by atoms with Crippen molar-refractivity contribution in [2.24, 2.45) is 4.40 Å². The molecule has 0 fully saturated rings. The van der Waals surface area contributed by atoms with E-state index in [0.29, 0.717) is 24.0 Å². The van der Waals surface area contributed by atoms with Gasteiger partial charge in [0.05, 0.1) is 24.2 Å². The topological polar surface area (TPSA) is 68.2 Å². The van der Waals surface area contributed by atoms with E-state index in [9.17, 15) is 8.42 Å². The Balaban J connectivity index is 1.84. The maximum absolute atomic E-state index is 12.4. The van der Waals surface area contributed by atoms with Gasteiger partial charge in [-0.2, -0.15) is 12.8 Å². The van der Waals surface area contributed by atoms with Crippen LogP contribution < -0.4 is 14.4 Å². The van der Waals surface area contributed by atoms with Crippen molar-refractivity contribution in [3.8, 4) is 11.5 Å². The molecule has 0 aromatic heterocycles. The third-order valence-electron chi connectivity index (χ3n) is 4.20.